The number of para-hydroxylation sites is 1. The predicted octanol–water partition coefficient (Wildman–Crippen LogP) is 4.56. The smallest absolute Gasteiger partial charge is 0.342 e. The lowest BCUT2D eigenvalue weighted by molar-refractivity contribution is -0.123. The molecule has 138 valence electrons. The molecule has 0 spiro atoms. The minimum absolute atomic E-state index is 0.303. The molecule has 6 nitrogen and oxygen atoms in total. The fourth-order valence-electron chi connectivity index (χ4n) is 2.35. The Bertz CT molecular complexity index is 915. The lowest BCUT2D eigenvalue weighted by Crippen LogP contribution is -2.30. The van der Waals surface area contributed by atoms with Gasteiger partial charge in [-0.3, -0.25) is 4.79 Å². The van der Waals surface area contributed by atoms with E-state index >= 15 is 0 Å². The largest absolute Gasteiger partial charge is 0.469 e. The standard InChI is InChI=1S/C21H19NO5/c1-14-19(12-13-25-14)21(24)26-15(2)20(23)22-16-8-10-18(11-9-16)27-17-6-4-3-5-7-17/h3-13,15H,1-2H3,(H,22,23). The van der Waals surface area contributed by atoms with Crippen LogP contribution in [0.25, 0.3) is 0 Å². The van der Waals surface area contributed by atoms with E-state index in [1.54, 1.807) is 31.2 Å². The van der Waals surface area contributed by atoms with Crippen LogP contribution in [-0.2, 0) is 9.53 Å². The maximum absolute atomic E-state index is 12.2. The summed E-state index contributed by atoms with van der Waals surface area (Å²) in [6.07, 6.45) is 0.447. The number of nitrogens with one attached hydrogen (secondary N) is 1. The van der Waals surface area contributed by atoms with Crippen LogP contribution in [0, 0.1) is 6.92 Å². The molecule has 1 N–H and O–H groups in total. The number of carbonyl (C=O) groups excluding carboxylic acids is 2. The number of ether oxygens (including phenoxy) is 2. The van der Waals surface area contributed by atoms with Gasteiger partial charge >= 0.3 is 5.97 Å². The van der Waals surface area contributed by atoms with Crippen LogP contribution in [0.3, 0.4) is 0 Å². The number of hydrogen-bond acceptors (Lipinski definition) is 5. The van der Waals surface area contributed by atoms with Crippen LogP contribution in [0.15, 0.2) is 71.3 Å². The predicted molar refractivity (Wildman–Crippen MR) is 99.9 cm³/mol. The summed E-state index contributed by atoms with van der Waals surface area (Å²) < 4.78 is 15.9. The molecule has 0 saturated carbocycles. The Labute approximate surface area is 156 Å². The molecule has 0 fully saturated rings. The fraction of sp³-hybridized carbons (Fsp3) is 0.143. The number of hydrogen-bond donors (Lipinski definition) is 1. The molecule has 2 aromatic carbocycles. The van der Waals surface area contributed by atoms with Crippen LogP contribution in [0.1, 0.15) is 23.0 Å². The van der Waals surface area contributed by atoms with Gasteiger partial charge in [0.25, 0.3) is 5.91 Å². The summed E-state index contributed by atoms with van der Waals surface area (Å²) in [6, 6.07) is 17.8. The van der Waals surface area contributed by atoms with E-state index in [9.17, 15) is 9.59 Å². The number of carbonyl (C=O) groups is 2. The Morgan fingerprint density at radius 1 is 0.963 bits per heavy atom. The third-order valence-electron chi connectivity index (χ3n) is 3.83. The van der Waals surface area contributed by atoms with Crippen LogP contribution in [0.2, 0.25) is 0 Å². The second-order valence-electron chi connectivity index (χ2n) is 5.87. The summed E-state index contributed by atoms with van der Waals surface area (Å²) in [7, 11) is 0. The number of anilines is 1. The second-order valence-corrected chi connectivity index (χ2v) is 5.87. The van der Waals surface area contributed by atoms with Crippen molar-refractivity contribution in [3.8, 4) is 11.5 Å². The van der Waals surface area contributed by atoms with E-state index in [1.165, 1.54) is 19.3 Å². The van der Waals surface area contributed by atoms with Crippen molar-refractivity contribution in [2.45, 2.75) is 20.0 Å². The normalized spacial score (nSPS) is 11.5. The fourth-order valence-corrected chi connectivity index (χ4v) is 2.35. The van der Waals surface area contributed by atoms with Crippen LogP contribution in [0.4, 0.5) is 5.69 Å². The van der Waals surface area contributed by atoms with Gasteiger partial charge in [0.05, 0.1) is 6.26 Å². The van der Waals surface area contributed by atoms with E-state index in [0.29, 0.717) is 22.8 Å². The van der Waals surface area contributed by atoms with Crippen molar-refractivity contribution in [2.24, 2.45) is 0 Å². The SMILES string of the molecule is Cc1occc1C(=O)OC(C)C(=O)Nc1ccc(Oc2ccccc2)cc1. The average Bonchev–Trinajstić information content (AvgIpc) is 3.10. The number of esters is 1. The Morgan fingerprint density at radius 2 is 1.63 bits per heavy atom. The van der Waals surface area contributed by atoms with Gasteiger partial charge in [-0.1, -0.05) is 18.2 Å². The van der Waals surface area contributed by atoms with E-state index in [2.05, 4.69) is 5.32 Å². The van der Waals surface area contributed by atoms with Gasteiger partial charge < -0.3 is 19.2 Å². The summed E-state index contributed by atoms with van der Waals surface area (Å²) in [5.74, 6) is 0.789. The highest BCUT2D eigenvalue weighted by Crippen LogP contribution is 2.22. The van der Waals surface area contributed by atoms with E-state index in [0.717, 1.165) is 5.75 Å². The monoisotopic (exact) mass is 365 g/mol. The zero-order chi connectivity index (χ0) is 19.2. The third-order valence-corrected chi connectivity index (χ3v) is 3.83. The Kier molecular flexibility index (Phi) is 5.56. The molecule has 3 rings (SSSR count). The van der Waals surface area contributed by atoms with Crippen molar-refractivity contribution in [2.75, 3.05) is 5.32 Å². The quantitative estimate of drug-likeness (QED) is 0.648. The summed E-state index contributed by atoms with van der Waals surface area (Å²) in [4.78, 5) is 24.3. The first-order valence-electron chi connectivity index (χ1n) is 8.42. The van der Waals surface area contributed by atoms with Crippen LogP contribution >= 0.6 is 0 Å². The van der Waals surface area contributed by atoms with Gasteiger partial charge in [0.1, 0.15) is 22.8 Å². The molecule has 0 bridgehead atoms. The first-order valence-corrected chi connectivity index (χ1v) is 8.42. The van der Waals surface area contributed by atoms with E-state index in [-0.39, 0.29) is 0 Å². The maximum Gasteiger partial charge on any atom is 0.342 e. The highest BCUT2D eigenvalue weighted by molar-refractivity contribution is 5.97. The van der Waals surface area contributed by atoms with Gasteiger partial charge in [0.15, 0.2) is 6.10 Å². The molecule has 6 heteroatoms. The molecule has 0 aliphatic heterocycles. The molecular formula is C21H19NO5. The Balaban J connectivity index is 1.55. The summed E-state index contributed by atoms with van der Waals surface area (Å²) >= 11 is 0. The molecule has 0 aliphatic rings. The van der Waals surface area contributed by atoms with Crippen molar-refractivity contribution < 1.29 is 23.5 Å². The molecule has 1 amide bonds. The minimum Gasteiger partial charge on any atom is -0.469 e. The number of rotatable bonds is 6. The first kappa shape index (κ1) is 18.3. The van der Waals surface area contributed by atoms with Gasteiger partial charge in [-0.15, -0.1) is 0 Å². The van der Waals surface area contributed by atoms with Gasteiger partial charge in [0.2, 0.25) is 0 Å². The van der Waals surface area contributed by atoms with Crippen molar-refractivity contribution in [3.63, 3.8) is 0 Å². The van der Waals surface area contributed by atoms with E-state index < -0.39 is 18.0 Å². The highest BCUT2D eigenvalue weighted by atomic mass is 16.5. The maximum atomic E-state index is 12.2. The summed E-state index contributed by atoms with van der Waals surface area (Å²) in [5, 5.41) is 2.70. The Hall–Kier alpha value is -3.54. The topological polar surface area (TPSA) is 77.8 Å². The minimum atomic E-state index is -0.952. The third kappa shape index (κ3) is 4.76. The van der Waals surface area contributed by atoms with Crippen LogP contribution in [0.5, 0.6) is 11.5 Å². The van der Waals surface area contributed by atoms with E-state index in [4.69, 9.17) is 13.9 Å². The van der Waals surface area contributed by atoms with E-state index in [1.807, 2.05) is 30.3 Å². The van der Waals surface area contributed by atoms with Gasteiger partial charge in [-0.2, -0.15) is 0 Å². The van der Waals surface area contributed by atoms with Gasteiger partial charge in [-0.05, 0) is 56.3 Å². The van der Waals surface area contributed by atoms with Crippen molar-refractivity contribution >= 4 is 17.6 Å². The number of furan rings is 1. The number of amides is 1. The molecule has 3 aromatic rings. The van der Waals surface area contributed by atoms with Gasteiger partial charge in [-0.25, -0.2) is 4.79 Å². The number of aryl methyl sites for hydroxylation is 1. The molecule has 1 atom stereocenters. The lowest BCUT2D eigenvalue weighted by Gasteiger charge is -2.13. The summed E-state index contributed by atoms with van der Waals surface area (Å²) in [6.45, 7) is 3.16. The molecular weight excluding hydrogens is 346 g/mol. The molecule has 0 radical (unpaired) electrons. The van der Waals surface area contributed by atoms with Crippen LogP contribution in [-0.4, -0.2) is 18.0 Å². The molecule has 1 aromatic heterocycles. The van der Waals surface area contributed by atoms with Crippen molar-refractivity contribution in [1.29, 1.82) is 0 Å². The zero-order valence-electron chi connectivity index (χ0n) is 15.0. The molecule has 1 unspecified atom stereocenters. The van der Waals surface area contributed by atoms with Crippen molar-refractivity contribution in [1.82, 2.24) is 0 Å². The average molecular weight is 365 g/mol. The van der Waals surface area contributed by atoms with Crippen LogP contribution < -0.4 is 10.1 Å². The zero-order valence-corrected chi connectivity index (χ0v) is 15.0. The second kappa shape index (κ2) is 8.23. The molecule has 0 aliphatic carbocycles. The van der Waals surface area contributed by atoms with Crippen molar-refractivity contribution in [3.05, 3.63) is 78.3 Å². The number of benzene rings is 2. The summed E-state index contributed by atoms with van der Waals surface area (Å²) in [5.41, 5.74) is 0.875. The molecule has 27 heavy (non-hydrogen) atoms. The first-order chi connectivity index (χ1) is 13.0. The van der Waals surface area contributed by atoms with Gasteiger partial charge in [0, 0.05) is 5.69 Å². The Morgan fingerprint density at radius 3 is 2.26 bits per heavy atom. The molecule has 1 heterocycles. The highest BCUT2D eigenvalue weighted by Gasteiger charge is 2.21. The lowest BCUT2D eigenvalue weighted by atomic mass is 10.2. The molecule has 0 saturated heterocycles.